The van der Waals surface area contributed by atoms with E-state index in [4.69, 9.17) is 16.3 Å². The van der Waals surface area contributed by atoms with Gasteiger partial charge in [0.15, 0.2) is 0 Å². The number of para-hydroxylation sites is 2. The lowest BCUT2D eigenvalue weighted by Gasteiger charge is -2.25. The number of carbonyl (C=O) groups excluding carboxylic acids is 1. The van der Waals surface area contributed by atoms with E-state index >= 15 is 0 Å². The lowest BCUT2D eigenvalue weighted by atomic mass is 10.1. The molecule has 3 aromatic carbocycles. The van der Waals surface area contributed by atoms with Gasteiger partial charge >= 0.3 is 0 Å². The first-order valence-corrected chi connectivity index (χ1v) is 10.2. The predicted octanol–water partition coefficient (Wildman–Crippen LogP) is 6.02. The van der Waals surface area contributed by atoms with Crippen LogP contribution in [0.1, 0.15) is 21.3 Å². The van der Waals surface area contributed by atoms with Gasteiger partial charge in [0.25, 0.3) is 5.91 Å². The van der Waals surface area contributed by atoms with Crippen LogP contribution in [-0.2, 0) is 0 Å². The molecule has 0 aromatic heterocycles. The minimum absolute atomic E-state index is 0.0450. The van der Waals surface area contributed by atoms with E-state index in [0.717, 1.165) is 11.3 Å². The zero-order valence-corrected chi connectivity index (χ0v) is 16.1. The average Bonchev–Trinajstić information content (AvgIpc) is 3.19. The average molecular weight is 396 g/mol. The molecule has 4 rings (SSSR count). The highest BCUT2D eigenvalue weighted by atomic mass is 35.5. The molecule has 1 fully saturated rings. The zero-order valence-electron chi connectivity index (χ0n) is 14.5. The van der Waals surface area contributed by atoms with E-state index in [-0.39, 0.29) is 11.3 Å². The van der Waals surface area contributed by atoms with Crippen LogP contribution < -0.4 is 4.74 Å². The molecule has 1 amide bonds. The minimum Gasteiger partial charge on any atom is -0.457 e. The van der Waals surface area contributed by atoms with E-state index in [2.05, 4.69) is 0 Å². The Balaban J connectivity index is 1.64. The molecular weight excluding hydrogens is 378 g/mol. The number of amides is 1. The smallest absolute Gasteiger partial charge is 0.258 e. The van der Waals surface area contributed by atoms with Crippen LogP contribution in [0, 0.1) is 0 Å². The Labute approximate surface area is 167 Å². The summed E-state index contributed by atoms with van der Waals surface area (Å²) in [7, 11) is 0. The Kier molecular flexibility index (Phi) is 5.37. The molecule has 1 unspecified atom stereocenters. The first kappa shape index (κ1) is 18.0. The molecule has 5 heteroatoms. The van der Waals surface area contributed by atoms with Crippen LogP contribution in [0.25, 0.3) is 0 Å². The summed E-state index contributed by atoms with van der Waals surface area (Å²) in [4.78, 5) is 15.2. The molecule has 27 heavy (non-hydrogen) atoms. The standard InChI is InChI=1S/C22H18ClNO2S/c23-19-12-6-4-10-17(19)22-24(14-15-27-22)21(25)18-11-5-7-13-20(18)26-16-8-2-1-3-9-16/h1-13,22H,14-15H2. The van der Waals surface area contributed by atoms with Gasteiger partial charge in [0.2, 0.25) is 0 Å². The molecule has 1 atom stereocenters. The molecule has 0 radical (unpaired) electrons. The summed E-state index contributed by atoms with van der Waals surface area (Å²) in [6, 6.07) is 24.6. The second-order valence-corrected chi connectivity index (χ2v) is 7.75. The number of hydrogen-bond donors (Lipinski definition) is 0. The highest BCUT2D eigenvalue weighted by molar-refractivity contribution is 7.99. The van der Waals surface area contributed by atoms with Crippen molar-refractivity contribution >= 4 is 29.3 Å². The molecule has 0 N–H and O–H groups in total. The van der Waals surface area contributed by atoms with E-state index in [0.29, 0.717) is 28.6 Å². The van der Waals surface area contributed by atoms with Crippen LogP contribution in [0.5, 0.6) is 11.5 Å². The fourth-order valence-corrected chi connectivity index (χ4v) is 4.71. The number of hydrogen-bond acceptors (Lipinski definition) is 3. The molecule has 136 valence electrons. The molecule has 0 bridgehead atoms. The third-order valence-electron chi connectivity index (χ3n) is 4.41. The van der Waals surface area contributed by atoms with E-state index in [1.165, 1.54) is 0 Å². The monoisotopic (exact) mass is 395 g/mol. The van der Waals surface area contributed by atoms with E-state index in [1.54, 1.807) is 11.8 Å². The summed E-state index contributed by atoms with van der Waals surface area (Å²) in [5, 5.41) is 0.597. The van der Waals surface area contributed by atoms with Crippen molar-refractivity contribution in [2.24, 2.45) is 0 Å². The quantitative estimate of drug-likeness (QED) is 0.541. The first-order valence-electron chi connectivity index (χ1n) is 8.73. The summed E-state index contributed by atoms with van der Waals surface area (Å²) in [6.07, 6.45) is 0. The summed E-state index contributed by atoms with van der Waals surface area (Å²) < 4.78 is 5.97. The zero-order chi connectivity index (χ0) is 18.6. The maximum atomic E-state index is 13.3. The van der Waals surface area contributed by atoms with E-state index in [9.17, 15) is 4.79 Å². The normalized spacial score (nSPS) is 16.3. The lowest BCUT2D eigenvalue weighted by molar-refractivity contribution is 0.0758. The Morgan fingerprint density at radius 3 is 2.48 bits per heavy atom. The van der Waals surface area contributed by atoms with Gasteiger partial charge in [0, 0.05) is 22.9 Å². The Morgan fingerprint density at radius 1 is 0.963 bits per heavy atom. The Hall–Kier alpha value is -2.43. The number of carbonyl (C=O) groups is 1. The van der Waals surface area contributed by atoms with Crippen molar-refractivity contribution in [3.05, 3.63) is 95.0 Å². The van der Waals surface area contributed by atoms with Crippen LogP contribution in [0.2, 0.25) is 5.02 Å². The van der Waals surface area contributed by atoms with Crippen molar-refractivity contribution in [3.63, 3.8) is 0 Å². The molecule has 1 heterocycles. The minimum atomic E-state index is -0.0871. The van der Waals surface area contributed by atoms with Crippen LogP contribution in [0.15, 0.2) is 78.9 Å². The Morgan fingerprint density at radius 2 is 1.67 bits per heavy atom. The number of thioether (sulfide) groups is 1. The molecule has 3 nitrogen and oxygen atoms in total. The van der Waals surface area contributed by atoms with Gasteiger partial charge < -0.3 is 9.64 Å². The number of ether oxygens (including phenoxy) is 1. The van der Waals surface area contributed by atoms with Gasteiger partial charge in [-0.3, -0.25) is 4.79 Å². The third-order valence-corrected chi connectivity index (χ3v) is 6.00. The number of halogens is 1. The van der Waals surface area contributed by atoms with Gasteiger partial charge in [0.1, 0.15) is 16.9 Å². The number of benzene rings is 3. The SMILES string of the molecule is O=C(c1ccccc1Oc1ccccc1)N1CCSC1c1ccccc1Cl. The van der Waals surface area contributed by atoms with E-state index < -0.39 is 0 Å². The van der Waals surface area contributed by atoms with Crippen molar-refractivity contribution in [1.29, 1.82) is 0 Å². The molecule has 3 aromatic rings. The van der Waals surface area contributed by atoms with Gasteiger partial charge in [-0.15, -0.1) is 11.8 Å². The van der Waals surface area contributed by atoms with Gasteiger partial charge in [-0.1, -0.05) is 60.1 Å². The molecule has 1 aliphatic rings. The molecule has 0 spiro atoms. The van der Waals surface area contributed by atoms with Crippen LogP contribution in [-0.4, -0.2) is 23.1 Å². The maximum Gasteiger partial charge on any atom is 0.258 e. The van der Waals surface area contributed by atoms with Crippen molar-refractivity contribution in [2.45, 2.75) is 5.37 Å². The molecule has 1 saturated heterocycles. The molecule has 0 saturated carbocycles. The van der Waals surface area contributed by atoms with Gasteiger partial charge in [0.05, 0.1) is 5.56 Å². The second kappa shape index (κ2) is 8.07. The van der Waals surface area contributed by atoms with Gasteiger partial charge in [-0.2, -0.15) is 0 Å². The summed E-state index contributed by atoms with van der Waals surface area (Å²) in [5.74, 6) is 2.10. The Bertz CT molecular complexity index is 948. The van der Waals surface area contributed by atoms with Crippen molar-refractivity contribution in [3.8, 4) is 11.5 Å². The molecular formula is C22H18ClNO2S. The first-order chi connectivity index (χ1) is 13.2. The fraction of sp³-hybridized carbons (Fsp3) is 0.136. The topological polar surface area (TPSA) is 29.5 Å². The maximum absolute atomic E-state index is 13.3. The van der Waals surface area contributed by atoms with Crippen molar-refractivity contribution in [1.82, 2.24) is 4.90 Å². The van der Waals surface area contributed by atoms with Gasteiger partial charge in [-0.25, -0.2) is 0 Å². The number of rotatable bonds is 4. The number of nitrogens with zero attached hydrogens (tertiary/aromatic N) is 1. The van der Waals surface area contributed by atoms with Crippen molar-refractivity contribution < 1.29 is 9.53 Å². The fourth-order valence-electron chi connectivity index (χ4n) is 3.11. The highest BCUT2D eigenvalue weighted by Gasteiger charge is 2.33. The third kappa shape index (κ3) is 3.82. The van der Waals surface area contributed by atoms with Crippen molar-refractivity contribution in [2.75, 3.05) is 12.3 Å². The van der Waals surface area contributed by atoms with Gasteiger partial charge in [-0.05, 0) is 30.3 Å². The highest BCUT2D eigenvalue weighted by Crippen LogP contribution is 2.42. The predicted molar refractivity (Wildman–Crippen MR) is 111 cm³/mol. The van der Waals surface area contributed by atoms with Crippen LogP contribution >= 0.6 is 23.4 Å². The second-order valence-electron chi connectivity index (χ2n) is 6.15. The molecule has 1 aliphatic heterocycles. The lowest BCUT2D eigenvalue weighted by Crippen LogP contribution is -2.30. The summed E-state index contributed by atoms with van der Waals surface area (Å²) >= 11 is 8.11. The largest absolute Gasteiger partial charge is 0.457 e. The molecule has 0 aliphatic carbocycles. The van der Waals surface area contributed by atoms with Crippen LogP contribution in [0.4, 0.5) is 0 Å². The summed E-state index contributed by atoms with van der Waals surface area (Å²) in [5.41, 5.74) is 1.53. The summed E-state index contributed by atoms with van der Waals surface area (Å²) in [6.45, 7) is 0.680. The van der Waals surface area contributed by atoms with E-state index in [1.807, 2.05) is 83.8 Å². The van der Waals surface area contributed by atoms with Crippen LogP contribution in [0.3, 0.4) is 0 Å².